The lowest BCUT2D eigenvalue weighted by molar-refractivity contribution is -0.139. The van der Waals surface area contributed by atoms with Crippen molar-refractivity contribution in [2.24, 2.45) is 29.2 Å². The van der Waals surface area contributed by atoms with Gasteiger partial charge in [-0.05, 0) is 108 Å². The van der Waals surface area contributed by atoms with E-state index in [0.717, 1.165) is 16.7 Å². The summed E-state index contributed by atoms with van der Waals surface area (Å²) in [5.74, 6) is -4.67. The Balaban J connectivity index is 1.71. The summed E-state index contributed by atoms with van der Waals surface area (Å²) in [4.78, 5) is 28.6. The topological polar surface area (TPSA) is 183 Å². The van der Waals surface area contributed by atoms with Crippen molar-refractivity contribution >= 4 is 17.4 Å². The fourth-order valence-electron chi connectivity index (χ4n) is 8.06. The molecule has 1 aromatic carbocycles. The fourth-order valence-corrected chi connectivity index (χ4v) is 8.06. The number of likely N-dealkylation sites (N-methyl/N-ethyl adjacent to an activating group) is 1. The summed E-state index contributed by atoms with van der Waals surface area (Å²) in [7, 11) is 3.44. The number of rotatable bonds is 7. The molecular formula is C34H43N3O7. The highest BCUT2D eigenvalue weighted by atomic mass is 16.3. The highest BCUT2D eigenvalue weighted by molar-refractivity contribution is 6.08. The number of carbonyl (C=O) groups excluding carboxylic acids is 2. The van der Waals surface area contributed by atoms with Crippen LogP contribution in [-0.2, 0) is 22.4 Å². The molecule has 0 radical (unpaired) electrons. The number of aliphatic hydroxyl groups excluding tert-OH is 2. The van der Waals surface area contributed by atoms with Gasteiger partial charge in [0.2, 0.25) is 0 Å². The molecule has 236 valence electrons. The van der Waals surface area contributed by atoms with Gasteiger partial charge in [-0.3, -0.25) is 14.5 Å². The lowest BCUT2D eigenvalue weighted by atomic mass is 9.55. The first kappa shape index (κ1) is 31.6. The van der Waals surface area contributed by atoms with Crippen LogP contribution in [0.4, 0.5) is 0 Å². The summed E-state index contributed by atoms with van der Waals surface area (Å²) < 4.78 is 5.40. The van der Waals surface area contributed by atoms with Crippen molar-refractivity contribution in [1.29, 1.82) is 0 Å². The number of hydrogen-bond donors (Lipinski definition) is 6. The number of furan rings is 1. The van der Waals surface area contributed by atoms with Crippen LogP contribution in [0.2, 0.25) is 0 Å². The Labute approximate surface area is 257 Å². The van der Waals surface area contributed by atoms with E-state index in [2.05, 4.69) is 0 Å². The molecule has 1 aromatic heterocycles. The quantitative estimate of drug-likeness (QED) is 0.255. The Morgan fingerprint density at radius 2 is 1.95 bits per heavy atom. The number of Topliss-reactive ketones (excluding diaryl/α,β-unsaturated/α-hetero) is 1. The molecule has 6 atom stereocenters. The molecule has 3 aliphatic rings. The van der Waals surface area contributed by atoms with E-state index in [9.17, 15) is 30.0 Å². The molecule has 5 rings (SSSR count). The van der Waals surface area contributed by atoms with Gasteiger partial charge >= 0.3 is 0 Å². The maximum absolute atomic E-state index is 14.4. The molecule has 44 heavy (non-hydrogen) atoms. The maximum Gasteiger partial charge on any atom is 0.251 e. The van der Waals surface area contributed by atoms with E-state index in [-0.39, 0.29) is 34.8 Å². The Kier molecular flexibility index (Phi) is 7.85. The average Bonchev–Trinajstić information content (AvgIpc) is 3.43. The minimum absolute atomic E-state index is 0.0904. The van der Waals surface area contributed by atoms with Gasteiger partial charge in [-0.2, -0.15) is 0 Å². The van der Waals surface area contributed by atoms with E-state index < -0.39 is 52.2 Å². The summed E-state index contributed by atoms with van der Waals surface area (Å²) in [6.07, 6.45) is 6.64. The number of amides is 1. The Morgan fingerprint density at radius 1 is 1.27 bits per heavy atom. The number of primary amides is 1. The minimum Gasteiger partial charge on any atom is -0.510 e. The largest absolute Gasteiger partial charge is 0.510 e. The van der Waals surface area contributed by atoms with E-state index >= 15 is 0 Å². The van der Waals surface area contributed by atoms with Gasteiger partial charge in [0.15, 0.2) is 5.78 Å². The zero-order chi connectivity index (χ0) is 32.5. The molecule has 1 amide bonds. The van der Waals surface area contributed by atoms with E-state index in [1.54, 1.807) is 37.6 Å². The van der Waals surface area contributed by atoms with Crippen molar-refractivity contribution in [1.82, 2.24) is 4.90 Å². The van der Waals surface area contributed by atoms with Gasteiger partial charge in [0, 0.05) is 16.7 Å². The zero-order valence-electron chi connectivity index (χ0n) is 26.1. The SMILES string of the molecule is C/C=C(/C)CC(C)(N)Cc1cc(-c2ccoc2)c2c(c1O)C(O)=C1C(=O)C3C(CC1C2)[C@H](N(C)C)C(O)=C(C(N)=O)[C@]3(C)O. The molecule has 1 heterocycles. The molecule has 2 aromatic rings. The van der Waals surface area contributed by atoms with Crippen LogP contribution < -0.4 is 11.5 Å². The standard InChI is InChI=1S/C34H43N3O7/c1-7-16(2)13-33(3,36)14-19-12-20(17-8-9-44-15-17)21-10-18-11-22-25(30(40)23(18)29(39)24(21)28(19)38)34(4,43)26(32(35)42)31(41)27(22)37(5)6/h7-9,12,15,18,22,25,27,38-39,41,43H,10-11,13-14,36H2,1-6H3,(H2,35,42)/b16-7-/t18?,22?,25?,27-,33?,34+/m0/s1. The first-order valence-electron chi connectivity index (χ1n) is 14.9. The molecule has 3 aliphatic carbocycles. The molecule has 0 spiro atoms. The molecule has 4 unspecified atom stereocenters. The number of phenolic OH excluding ortho intramolecular Hbond substituents is 1. The van der Waals surface area contributed by atoms with Crippen molar-refractivity contribution in [3.05, 3.63) is 69.9 Å². The molecule has 10 nitrogen and oxygen atoms in total. The molecule has 1 saturated carbocycles. The summed E-state index contributed by atoms with van der Waals surface area (Å²) in [6.45, 7) is 7.15. The minimum atomic E-state index is -2.08. The second kappa shape index (κ2) is 10.9. The van der Waals surface area contributed by atoms with Crippen molar-refractivity contribution < 1.29 is 34.4 Å². The Bertz CT molecular complexity index is 1610. The van der Waals surface area contributed by atoms with E-state index in [1.165, 1.54) is 6.92 Å². The van der Waals surface area contributed by atoms with Crippen molar-refractivity contribution in [3.63, 3.8) is 0 Å². The monoisotopic (exact) mass is 605 g/mol. The molecular weight excluding hydrogens is 562 g/mol. The van der Waals surface area contributed by atoms with Crippen LogP contribution in [0.15, 0.2) is 57.6 Å². The van der Waals surface area contributed by atoms with Crippen LogP contribution in [0.3, 0.4) is 0 Å². The van der Waals surface area contributed by atoms with Crippen LogP contribution >= 0.6 is 0 Å². The van der Waals surface area contributed by atoms with Crippen LogP contribution in [0.25, 0.3) is 16.9 Å². The van der Waals surface area contributed by atoms with Gasteiger partial charge in [-0.1, -0.05) is 11.6 Å². The van der Waals surface area contributed by atoms with Crippen LogP contribution in [0.1, 0.15) is 57.2 Å². The van der Waals surface area contributed by atoms with Crippen molar-refractivity contribution in [2.75, 3.05) is 14.1 Å². The summed E-state index contributed by atoms with van der Waals surface area (Å²) in [5, 5.41) is 46.4. The van der Waals surface area contributed by atoms with Gasteiger partial charge in [0.25, 0.3) is 5.91 Å². The lowest BCUT2D eigenvalue weighted by Gasteiger charge is -2.52. The summed E-state index contributed by atoms with van der Waals surface area (Å²) in [5.41, 5.74) is 13.1. The number of phenols is 1. The third kappa shape index (κ3) is 4.95. The van der Waals surface area contributed by atoms with E-state index in [1.807, 2.05) is 32.9 Å². The zero-order valence-corrected chi connectivity index (χ0v) is 26.1. The van der Waals surface area contributed by atoms with E-state index in [4.69, 9.17) is 15.9 Å². The molecule has 0 saturated heterocycles. The van der Waals surface area contributed by atoms with Crippen LogP contribution in [0, 0.1) is 17.8 Å². The smallest absolute Gasteiger partial charge is 0.251 e. The van der Waals surface area contributed by atoms with Gasteiger partial charge in [-0.15, -0.1) is 0 Å². The van der Waals surface area contributed by atoms with Gasteiger partial charge in [0.05, 0.1) is 35.6 Å². The normalized spacial score (nSPS) is 28.5. The third-order valence-corrected chi connectivity index (χ3v) is 9.83. The summed E-state index contributed by atoms with van der Waals surface area (Å²) in [6, 6.07) is 2.92. The molecule has 1 fully saturated rings. The van der Waals surface area contributed by atoms with Crippen LogP contribution in [0.5, 0.6) is 5.75 Å². The second-order valence-corrected chi connectivity index (χ2v) is 13.5. The van der Waals surface area contributed by atoms with Crippen molar-refractivity contribution in [2.45, 2.75) is 70.6 Å². The first-order valence-corrected chi connectivity index (χ1v) is 14.9. The van der Waals surface area contributed by atoms with Crippen LogP contribution in [-0.4, -0.2) is 68.3 Å². The molecule has 10 heteroatoms. The second-order valence-electron chi connectivity index (χ2n) is 13.5. The number of hydrogen-bond acceptors (Lipinski definition) is 9. The number of ketones is 1. The third-order valence-electron chi connectivity index (χ3n) is 9.83. The molecule has 8 N–H and O–H groups in total. The number of allylic oxidation sites excluding steroid dienone is 2. The maximum atomic E-state index is 14.4. The Morgan fingerprint density at radius 3 is 2.52 bits per heavy atom. The molecule has 0 bridgehead atoms. The number of aliphatic hydroxyl groups is 3. The predicted octanol–water partition coefficient (Wildman–Crippen LogP) is 3.91. The number of carbonyl (C=O) groups is 2. The van der Waals surface area contributed by atoms with Gasteiger partial charge < -0.3 is 36.3 Å². The van der Waals surface area contributed by atoms with Gasteiger partial charge in [0.1, 0.15) is 22.9 Å². The highest BCUT2D eigenvalue weighted by Crippen LogP contribution is 2.55. The number of benzene rings is 1. The number of aromatic hydroxyl groups is 1. The molecule has 0 aliphatic heterocycles. The van der Waals surface area contributed by atoms with Gasteiger partial charge in [-0.25, -0.2) is 0 Å². The highest BCUT2D eigenvalue weighted by Gasteiger charge is 2.60. The predicted molar refractivity (Wildman–Crippen MR) is 166 cm³/mol. The fraction of sp³-hybridized carbons (Fsp3) is 0.471. The summed E-state index contributed by atoms with van der Waals surface area (Å²) >= 11 is 0. The average molecular weight is 606 g/mol. The van der Waals surface area contributed by atoms with Crippen molar-refractivity contribution in [3.8, 4) is 16.9 Å². The number of nitrogens with zero attached hydrogens (tertiary/aromatic N) is 1. The number of nitrogens with two attached hydrogens (primary N) is 2. The van der Waals surface area contributed by atoms with E-state index in [0.29, 0.717) is 30.4 Å². The first-order chi connectivity index (χ1) is 20.5. The number of fused-ring (bicyclic) bond motifs is 3. The lowest BCUT2D eigenvalue weighted by Crippen LogP contribution is -2.61. The Hall–Kier alpha value is -3.86.